The second kappa shape index (κ2) is 17.6. The number of hydrogen-bond donors (Lipinski definition) is 4. The number of hydrogen-bond acceptors (Lipinski definition) is 12. The molecule has 6 heterocycles. The minimum atomic E-state index is -0.990. The Morgan fingerprint density at radius 1 is 1.08 bits per heavy atom. The van der Waals surface area contributed by atoms with Crippen molar-refractivity contribution in [2.24, 2.45) is 11.3 Å². The Bertz CT molecular complexity index is 2250. The van der Waals surface area contributed by atoms with Gasteiger partial charge in [0.05, 0.1) is 47.5 Å². The molecular formula is C45H62N8O7S. The molecule has 4 aromatic rings. The number of hydrazine groups is 1. The van der Waals surface area contributed by atoms with Gasteiger partial charge in [0.25, 0.3) is 0 Å². The Kier molecular flexibility index (Phi) is 12.9. The van der Waals surface area contributed by atoms with Crippen molar-refractivity contribution in [3.63, 3.8) is 0 Å². The standard InChI is InChI=1S/C45H62N8O7S/c1-10-52-36-12-11-27(35-24-61-41(47-35)34(48-43(58)60-44(3,4)5)21-37(55)53-29-17-28(18-29)39(49-53)42(56)57)19-31(36)33(22-45(6,7)25-54)40(52)32-20-30(23-46-38(32)26(2)59-9)51-15-13-50(8)14-16-51/h11-12,19-20,23-24,26,28-29,34,39,49,54H,10,13-18,21-22,25H2,1-9H3,(H,48,58)(H,56,57)/t26-,28?,29?,34?,39-/m0/s1. The first-order chi connectivity index (χ1) is 28.9. The predicted octanol–water partition coefficient (Wildman–Crippen LogP) is 6.40. The Hall–Kier alpha value is -4.61. The number of pyridine rings is 1. The molecule has 3 atom stereocenters. The number of aliphatic hydroxyl groups excluding tert-OH is 1. The number of alkyl carbamates (subject to hydrolysis) is 1. The molecule has 3 saturated heterocycles. The van der Waals surface area contributed by atoms with Crippen LogP contribution in [-0.4, -0.2) is 117 Å². The number of carboxylic acids is 1. The fourth-order valence-corrected chi connectivity index (χ4v) is 9.65. The Balaban J connectivity index is 1.29. The zero-order valence-corrected chi connectivity index (χ0v) is 37.8. The molecule has 330 valence electrons. The molecule has 2 bridgehead atoms. The van der Waals surface area contributed by atoms with Gasteiger partial charge in [0.1, 0.15) is 16.7 Å². The number of rotatable bonds is 14. The second-order valence-electron chi connectivity index (χ2n) is 18.7. The van der Waals surface area contributed by atoms with Gasteiger partial charge in [-0.2, -0.15) is 0 Å². The molecule has 1 aliphatic carbocycles. The first kappa shape index (κ1) is 44.4. The van der Waals surface area contributed by atoms with Crippen LogP contribution >= 0.6 is 11.3 Å². The van der Waals surface area contributed by atoms with Crippen molar-refractivity contribution in [2.75, 3.05) is 51.8 Å². The van der Waals surface area contributed by atoms with E-state index in [0.717, 1.165) is 70.8 Å². The van der Waals surface area contributed by atoms with Crippen LogP contribution in [0, 0.1) is 11.3 Å². The van der Waals surface area contributed by atoms with Crippen molar-refractivity contribution < 1.29 is 34.1 Å². The number of amides is 2. The van der Waals surface area contributed by atoms with E-state index in [0.29, 0.717) is 36.5 Å². The number of anilines is 1. The van der Waals surface area contributed by atoms with Crippen molar-refractivity contribution in [1.29, 1.82) is 0 Å². The van der Waals surface area contributed by atoms with Gasteiger partial charge in [0.2, 0.25) is 5.91 Å². The maximum atomic E-state index is 13.9. The molecule has 2 amide bonds. The number of aryl methyl sites for hydroxylation is 1. The van der Waals surface area contributed by atoms with Gasteiger partial charge < -0.3 is 39.4 Å². The van der Waals surface area contributed by atoms with Gasteiger partial charge >= 0.3 is 12.1 Å². The fraction of sp³-hybridized carbons (Fsp3) is 0.578. The van der Waals surface area contributed by atoms with Crippen molar-refractivity contribution in [2.45, 2.75) is 111 Å². The number of fused-ring (bicyclic) bond motifs is 3. The van der Waals surface area contributed by atoms with E-state index in [1.807, 2.05) is 24.6 Å². The summed E-state index contributed by atoms with van der Waals surface area (Å²) >= 11 is 1.34. The number of carbonyl (C=O) groups is 3. The number of nitrogens with one attached hydrogen (secondary N) is 2. The van der Waals surface area contributed by atoms with Crippen LogP contribution < -0.4 is 15.6 Å². The lowest BCUT2D eigenvalue weighted by Gasteiger charge is -2.52. The number of benzene rings is 1. The molecule has 1 aromatic carbocycles. The van der Waals surface area contributed by atoms with E-state index in [1.54, 1.807) is 27.9 Å². The number of thiazole rings is 1. The average molecular weight is 859 g/mol. The van der Waals surface area contributed by atoms with Crippen molar-refractivity contribution in [1.82, 2.24) is 35.2 Å². The van der Waals surface area contributed by atoms with E-state index in [2.05, 4.69) is 71.1 Å². The molecule has 4 N–H and O–H groups in total. The summed E-state index contributed by atoms with van der Waals surface area (Å²) in [6.45, 7) is 18.1. The number of methoxy groups -OCH3 is 1. The van der Waals surface area contributed by atoms with Gasteiger partial charge in [-0.1, -0.05) is 19.9 Å². The molecule has 16 heteroatoms. The highest BCUT2D eigenvalue weighted by molar-refractivity contribution is 7.10. The molecule has 0 radical (unpaired) electrons. The van der Waals surface area contributed by atoms with E-state index in [-0.39, 0.29) is 37.0 Å². The highest BCUT2D eigenvalue weighted by Crippen LogP contribution is 2.43. The van der Waals surface area contributed by atoms with Gasteiger partial charge in [0.15, 0.2) is 0 Å². The van der Waals surface area contributed by atoms with Crippen LogP contribution in [0.5, 0.6) is 0 Å². The molecule has 61 heavy (non-hydrogen) atoms. The summed E-state index contributed by atoms with van der Waals surface area (Å²) in [6.07, 6.45) is 2.70. The third-order valence-electron chi connectivity index (χ3n) is 12.3. The van der Waals surface area contributed by atoms with E-state index < -0.39 is 35.2 Å². The molecule has 4 aliphatic rings. The summed E-state index contributed by atoms with van der Waals surface area (Å²) < 4.78 is 13.9. The van der Waals surface area contributed by atoms with Crippen LogP contribution in [0.4, 0.5) is 10.5 Å². The summed E-state index contributed by atoms with van der Waals surface area (Å²) in [5, 5.41) is 28.2. The van der Waals surface area contributed by atoms with Gasteiger partial charge in [-0.25, -0.2) is 15.2 Å². The Labute approximate surface area is 362 Å². The van der Waals surface area contributed by atoms with E-state index >= 15 is 0 Å². The summed E-state index contributed by atoms with van der Waals surface area (Å²) in [6, 6.07) is 6.82. The normalized spacial score (nSPS) is 20.7. The van der Waals surface area contributed by atoms with Crippen LogP contribution in [0.3, 0.4) is 0 Å². The monoisotopic (exact) mass is 858 g/mol. The highest BCUT2D eigenvalue weighted by Gasteiger charge is 2.49. The predicted molar refractivity (Wildman–Crippen MR) is 236 cm³/mol. The molecule has 3 aliphatic heterocycles. The lowest BCUT2D eigenvalue weighted by Crippen LogP contribution is -2.69. The van der Waals surface area contributed by atoms with Gasteiger partial charge in [-0.3, -0.25) is 19.6 Å². The lowest BCUT2D eigenvalue weighted by molar-refractivity contribution is -0.164. The molecule has 1 unspecified atom stereocenters. The van der Waals surface area contributed by atoms with Gasteiger partial charge in [0, 0.05) is 79.9 Å². The van der Waals surface area contributed by atoms with Crippen molar-refractivity contribution >= 4 is 45.9 Å². The maximum absolute atomic E-state index is 13.9. The average Bonchev–Trinajstić information content (AvgIpc) is 3.82. The van der Waals surface area contributed by atoms with Crippen LogP contribution in [0.2, 0.25) is 0 Å². The molecular weight excluding hydrogens is 797 g/mol. The van der Waals surface area contributed by atoms with Crippen LogP contribution in [0.1, 0.15) is 96.1 Å². The van der Waals surface area contributed by atoms with Gasteiger partial charge in [-0.15, -0.1) is 11.3 Å². The van der Waals surface area contributed by atoms with E-state index in [9.17, 15) is 24.6 Å². The van der Waals surface area contributed by atoms with Crippen LogP contribution in [-0.2, 0) is 32.0 Å². The van der Waals surface area contributed by atoms with E-state index in [4.69, 9.17) is 19.4 Å². The number of aliphatic hydroxyl groups is 1. The van der Waals surface area contributed by atoms with Crippen molar-refractivity contribution in [3.05, 3.63) is 52.1 Å². The third-order valence-corrected chi connectivity index (χ3v) is 13.3. The molecule has 15 nitrogen and oxygen atoms in total. The summed E-state index contributed by atoms with van der Waals surface area (Å²) in [5.74, 6) is -1.33. The number of carboxylic acid groups (broad SMARTS) is 1. The highest BCUT2D eigenvalue weighted by atomic mass is 32.1. The Morgan fingerprint density at radius 2 is 1.80 bits per heavy atom. The SMILES string of the molecule is CCn1c(-c2cc(N3CCN(C)CC3)cnc2[C@H](C)OC)c(CC(C)(C)CO)c2cc(-c3csc(C(CC(=O)N4N[C@H](C(=O)O)C5CC4C5)NC(=O)OC(C)(C)C)n3)ccc21. The first-order valence-electron chi connectivity index (χ1n) is 21.4. The molecule has 1 saturated carbocycles. The number of piperazine rings is 1. The van der Waals surface area contributed by atoms with Crippen molar-refractivity contribution in [3.8, 4) is 22.5 Å². The zero-order valence-electron chi connectivity index (χ0n) is 36.9. The van der Waals surface area contributed by atoms with Crippen LogP contribution in [0.25, 0.3) is 33.4 Å². The van der Waals surface area contributed by atoms with Gasteiger partial charge in [-0.05, 0) is 96.0 Å². The molecule has 8 rings (SSSR count). The first-order valence-corrected chi connectivity index (χ1v) is 22.3. The van der Waals surface area contributed by atoms with E-state index in [1.165, 1.54) is 16.3 Å². The fourth-order valence-electron chi connectivity index (χ4n) is 8.77. The Morgan fingerprint density at radius 3 is 2.44 bits per heavy atom. The summed E-state index contributed by atoms with van der Waals surface area (Å²) in [7, 11) is 3.85. The minimum Gasteiger partial charge on any atom is -0.480 e. The van der Waals surface area contributed by atoms with Crippen LogP contribution in [0.15, 0.2) is 35.8 Å². The number of nitrogens with zero attached hydrogens (tertiary/aromatic N) is 6. The molecule has 3 aromatic heterocycles. The number of aromatic nitrogens is 3. The quantitative estimate of drug-likeness (QED) is 0.110. The summed E-state index contributed by atoms with van der Waals surface area (Å²) in [5.41, 5.74) is 9.35. The second-order valence-corrected chi connectivity index (χ2v) is 19.6. The summed E-state index contributed by atoms with van der Waals surface area (Å²) in [4.78, 5) is 53.8. The number of likely N-dealkylation sites (N-methyl/N-ethyl adjacent to an activating group) is 1. The lowest BCUT2D eigenvalue weighted by atomic mass is 9.73. The maximum Gasteiger partial charge on any atom is 0.408 e. The zero-order chi connectivity index (χ0) is 44.0. The molecule has 0 spiro atoms. The number of aliphatic carboxylic acids is 1. The topological polar surface area (TPSA) is 175 Å². The smallest absolute Gasteiger partial charge is 0.408 e. The number of ether oxygens (including phenoxy) is 2. The largest absolute Gasteiger partial charge is 0.480 e. The molecule has 4 fully saturated rings. The minimum absolute atomic E-state index is 0.00269. The third kappa shape index (κ3) is 9.43. The number of carbonyl (C=O) groups excluding carboxylic acids is 2.